The third kappa shape index (κ3) is 3.41. The molecule has 1 aromatic carbocycles. The summed E-state index contributed by atoms with van der Waals surface area (Å²) in [5.74, 6) is 0. The Balaban J connectivity index is 0.00000205. The van der Waals surface area contributed by atoms with E-state index in [-0.39, 0.29) is 12.4 Å². The van der Waals surface area contributed by atoms with Gasteiger partial charge in [0.25, 0.3) is 0 Å². The number of fused-ring (bicyclic) bond motifs is 1. The molecule has 0 aliphatic carbocycles. The number of aryl methyl sites for hydroxylation is 2. The summed E-state index contributed by atoms with van der Waals surface area (Å²) in [4.78, 5) is 6.74. The Bertz CT molecular complexity index is 1290. The van der Waals surface area contributed by atoms with E-state index in [1.807, 2.05) is 43.0 Å². The lowest BCUT2D eigenvalue weighted by Gasteiger charge is -2.08. The highest BCUT2D eigenvalue weighted by molar-refractivity contribution is 7.18. The standard InChI is InChI=1S/C22H17N5S.ClH/c1-14-7-8-17(23-13-14)19-9-10-20(28-19)22-16-6-4-3-5-15(16)21(25-26-22)18-11-12-24-27(18)2;/h3-13H,1-2H3;1H. The number of nitrogens with zero attached hydrogens (tertiary/aromatic N) is 5. The molecular weight excluding hydrogens is 402 g/mol. The second-order valence-corrected chi connectivity index (χ2v) is 7.75. The molecule has 0 aliphatic heterocycles. The summed E-state index contributed by atoms with van der Waals surface area (Å²) in [7, 11) is 1.92. The van der Waals surface area contributed by atoms with Gasteiger partial charge in [-0.1, -0.05) is 30.3 Å². The van der Waals surface area contributed by atoms with Crippen molar-refractivity contribution in [2.24, 2.45) is 7.05 Å². The first-order valence-electron chi connectivity index (χ1n) is 8.98. The molecule has 0 fully saturated rings. The van der Waals surface area contributed by atoms with E-state index in [2.05, 4.69) is 56.7 Å². The summed E-state index contributed by atoms with van der Waals surface area (Å²) in [6.45, 7) is 2.04. The van der Waals surface area contributed by atoms with E-state index in [0.29, 0.717) is 0 Å². The topological polar surface area (TPSA) is 56.5 Å². The van der Waals surface area contributed by atoms with E-state index in [1.165, 1.54) is 0 Å². The molecule has 0 radical (unpaired) electrons. The fraction of sp³-hybridized carbons (Fsp3) is 0.0909. The molecule has 4 heterocycles. The maximum atomic E-state index is 4.59. The fourth-order valence-electron chi connectivity index (χ4n) is 3.30. The minimum atomic E-state index is 0. The van der Waals surface area contributed by atoms with Crippen LogP contribution in [0, 0.1) is 6.92 Å². The van der Waals surface area contributed by atoms with Gasteiger partial charge >= 0.3 is 0 Å². The van der Waals surface area contributed by atoms with Crippen LogP contribution in [0.3, 0.4) is 0 Å². The number of hydrogen-bond donors (Lipinski definition) is 0. The highest BCUT2D eigenvalue weighted by Gasteiger charge is 2.16. The van der Waals surface area contributed by atoms with Crippen LogP contribution in [0.2, 0.25) is 0 Å². The van der Waals surface area contributed by atoms with Gasteiger partial charge in [0.05, 0.1) is 21.1 Å². The molecule has 7 heteroatoms. The van der Waals surface area contributed by atoms with Crippen molar-refractivity contribution >= 4 is 34.5 Å². The Morgan fingerprint density at radius 2 is 1.55 bits per heavy atom. The predicted octanol–water partition coefficient (Wildman–Crippen LogP) is 5.55. The Labute approximate surface area is 178 Å². The van der Waals surface area contributed by atoms with Crippen molar-refractivity contribution in [2.45, 2.75) is 6.92 Å². The zero-order valence-corrected chi connectivity index (χ0v) is 17.5. The maximum absolute atomic E-state index is 4.59. The molecule has 5 nitrogen and oxygen atoms in total. The van der Waals surface area contributed by atoms with Crippen molar-refractivity contribution in [1.82, 2.24) is 25.0 Å². The van der Waals surface area contributed by atoms with Gasteiger partial charge in [-0.3, -0.25) is 9.67 Å². The van der Waals surface area contributed by atoms with Gasteiger partial charge in [0.1, 0.15) is 11.4 Å². The number of hydrogen-bond acceptors (Lipinski definition) is 5. The Morgan fingerprint density at radius 1 is 0.828 bits per heavy atom. The van der Waals surface area contributed by atoms with Gasteiger partial charge in [-0.2, -0.15) is 5.10 Å². The van der Waals surface area contributed by atoms with Crippen LogP contribution in [0.5, 0.6) is 0 Å². The third-order valence-electron chi connectivity index (χ3n) is 4.75. The summed E-state index contributed by atoms with van der Waals surface area (Å²) in [6, 6.07) is 18.6. The van der Waals surface area contributed by atoms with Crippen molar-refractivity contribution in [3.63, 3.8) is 0 Å². The van der Waals surface area contributed by atoms with Gasteiger partial charge in [0, 0.05) is 30.2 Å². The summed E-state index contributed by atoms with van der Waals surface area (Å²) in [6.07, 6.45) is 3.67. The van der Waals surface area contributed by atoms with Gasteiger partial charge in [0.2, 0.25) is 0 Å². The molecule has 0 unspecified atom stereocenters. The van der Waals surface area contributed by atoms with E-state index in [9.17, 15) is 0 Å². The zero-order chi connectivity index (χ0) is 19.1. The molecule has 5 aromatic rings. The average Bonchev–Trinajstić information content (AvgIpc) is 3.37. The van der Waals surface area contributed by atoms with Gasteiger partial charge in [0.15, 0.2) is 0 Å². The van der Waals surface area contributed by atoms with Crippen molar-refractivity contribution in [3.8, 4) is 32.5 Å². The van der Waals surface area contributed by atoms with Gasteiger partial charge in [-0.25, -0.2) is 0 Å². The molecule has 0 bridgehead atoms. The first kappa shape index (κ1) is 19.2. The smallest absolute Gasteiger partial charge is 0.119 e. The normalized spacial score (nSPS) is 10.8. The number of rotatable bonds is 3. The van der Waals surface area contributed by atoms with Crippen LogP contribution in [-0.4, -0.2) is 25.0 Å². The van der Waals surface area contributed by atoms with Crippen molar-refractivity contribution < 1.29 is 0 Å². The molecule has 0 atom stereocenters. The molecule has 144 valence electrons. The SMILES string of the molecule is Cc1ccc(-c2ccc(-c3nnc(-c4ccnn4C)c4ccccc34)s2)nc1.Cl. The molecule has 29 heavy (non-hydrogen) atoms. The summed E-state index contributed by atoms with van der Waals surface area (Å²) < 4.78 is 1.82. The van der Waals surface area contributed by atoms with Crippen LogP contribution in [0.25, 0.3) is 43.3 Å². The highest BCUT2D eigenvalue weighted by atomic mass is 35.5. The molecular formula is C22H18ClN5S. The summed E-state index contributed by atoms with van der Waals surface area (Å²) >= 11 is 1.68. The third-order valence-corrected chi connectivity index (χ3v) is 5.87. The van der Waals surface area contributed by atoms with Gasteiger partial charge in [-0.05, 0) is 36.8 Å². The number of halogens is 1. The van der Waals surface area contributed by atoms with Crippen LogP contribution in [0.15, 0.2) is 67.0 Å². The average molecular weight is 420 g/mol. The van der Waals surface area contributed by atoms with Crippen molar-refractivity contribution in [1.29, 1.82) is 0 Å². The molecule has 0 amide bonds. The molecule has 4 aromatic heterocycles. The molecule has 0 N–H and O–H groups in total. The van der Waals surface area contributed by atoms with E-state index in [1.54, 1.807) is 17.5 Å². The lowest BCUT2D eigenvalue weighted by Crippen LogP contribution is -1.99. The maximum Gasteiger partial charge on any atom is 0.119 e. The first-order valence-corrected chi connectivity index (χ1v) is 9.79. The monoisotopic (exact) mass is 419 g/mol. The minimum Gasteiger partial charge on any atom is -0.266 e. The Hall–Kier alpha value is -3.09. The number of aromatic nitrogens is 5. The highest BCUT2D eigenvalue weighted by Crippen LogP contribution is 2.37. The zero-order valence-electron chi connectivity index (χ0n) is 15.9. The lowest BCUT2D eigenvalue weighted by atomic mass is 10.1. The summed E-state index contributed by atoms with van der Waals surface area (Å²) in [5, 5.41) is 15.6. The number of thiophene rings is 1. The quantitative estimate of drug-likeness (QED) is 0.384. The van der Waals surface area contributed by atoms with Crippen LogP contribution in [0.1, 0.15) is 5.56 Å². The second kappa shape index (κ2) is 7.73. The molecule has 0 aliphatic rings. The largest absolute Gasteiger partial charge is 0.266 e. The predicted molar refractivity (Wildman–Crippen MR) is 120 cm³/mol. The van der Waals surface area contributed by atoms with Crippen molar-refractivity contribution in [3.05, 3.63) is 72.6 Å². The summed E-state index contributed by atoms with van der Waals surface area (Å²) in [5.41, 5.74) is 4.82. The Kier molecular flexibility index (Phi) is 5.13. The van der Waals surface area contributed by atoms with Crippen LogP contribution < -0.4 is 0 Å². The van der Waals surface area contributed by atoms with E-state index in [4.69, 9.17) is 0 Å². The van der Waals surface area contributed by atoms with Crippen LogP contribution in [0.4, 0.5) is 0 Å². The minimum absolute atomic E-state index is 0. The van der Waals surface area contributed by atoms with E-state index < -0.39 is 0 Å². The fourth-order valence-corrected chi connectivity index (χ4v) is 4.28. The first-order chi connectivity index (χ1) is 13.7. The van der Waals surface area contributed by atoms with E-state index >= 15 is 0 Å². The second-order valence-electron chi connectivity index (χ2n) is 6.67. The lowest BCUT2D eigenvalue weighted by molar-refractivity contribution is 0.772. The Morgan fingerprint density at radius 3 is 2.24 bits per heavy atom. The molecule has 5 rings (SSSR count). The van der Waals surface area contributed by atoms with Gasteiger partial charge < -0.3 is 0 Å². The number of pyridine rings is 1. The number of benzene rings is 1. The van der Waals surface area contributed by atoms with E-state index in [0.717, 1.165) is 48.9 Å². The van der Waals surface area contributed by atoms with Gasteiger partial charge in [-0.15, -0.1) is 33.9 Å². The van der Waals surface area contributed by atoms with Crippen molar-refractivity contribution in [2.75, 3.05) is 0 Å². The molecule has 0 spiro atoms. The molecule has 0 saturated heterocycles. The molecule has 0 saturated carbocycles. The van der Waals surface area contributed by atoms with Crippen LogP contribution in [-0.2, 0) is 7.05 Å². The van der Waals surface area contributed by atoms with Crippen LogP contribution >= 0.6 is 23.7 Å².